The van der Waals surface area contributed by atoms with Crippen LogP contribution in [0, 0.1) is 0 Å². The Morgan fingerprint density at radius 3 is 2.35 bits per heavy atom. The number of rotatable bonds is 12. The summed E-state index contributed by atoms with van der Waals surface area (Å²) in [6.07, 6.45) is 2.99. The van der Waals surface area contributed by atoms with Gasteiger partial charge in [0.05, 0.1) is 12.5 Å². The third-order valence-electron chi connectivity index (χ3n) is 5.98. The number of carbonyl (C=O) groups excluding carboxylic acids is 1. The van der Waals surface area contributed by atoms with E-state index >= 15 is 0 Å². The number of benzene rings is 3. The second kappa shape index (κ2) is 12.5. The summed E-state index contributed by atoms with van der Waals surface area (Å²) in [5.74, 6) is -0.204. The third kappa shape index (κ3) is 7.04. The molecule has 4 aromatic rings. The molecule has 0 spiro atoms. The van der Waals surface area contributed by atoms with Crippen LogP contribution >= 0.6 is 0 Å². The van der Waals surface area contributed by atoms with Crippen LogP contribution in [0.2, 0.25) is 0 Å². The highest BCUT2D eigenvalue weighted by Gasteiger charge is 2.15. The molecule has 1 amide bonds. The van der Waals surface area contributed by atoms with Gasteiger partial charge in [-0.2, -0.15) is 4.98 Å². The highest BCUT2D eigenvalue weighted by Crippen LogP contribution is 2.28. The maximum Gasteiger partial charge on any atom is 0.305 e. The van der Waals surface area contributed by atoms with Crippen LogP contribution in [0.5, 0.6) is 0 Å². The molecule has 1 atom stereocenters. The number of aromatic nitrogens is 2. The number of hydrogen-bond acceptors (Lipinski definition) is 6. The first-order chi connectivity index (χ1) is 18.0. The van der Waals surface area contributed by atoms with Crippen LogP contribution in [-0.2, 0) is 4.79 Å². The van der Waals surface area contributed by atoms with E-state index in [9.17, 15) is 9.59 Å². The van der Waals surface area contributed by atoms with Crippen molar-refractivity contribution in [1.82, 2.24) is 15.5 Å². The van der Waals surface area contributed by atoms with Crippen molar-refractivity contribution >= 4 is 17.6 Å². The summed E-state index contributed by atoms with van der Waals surface area (Å²) in [6, 6.07) is 25.1. The number of aliphatic carboxylic acids is 1. The van der Waals surface area contributed by atoms with Gasteiger partial charge in [-0.15, -0.1) is 0 Å². The number of nitrogens with one attached hydrogen (secondary N) is 2. The molecule has 4 rings (SSSR count). The molecular weight excluding hydrogens is 468 g/mol. The fraction of sp³-hybridized carbons (Fsp3) is 0.241. The number of nitrogens with zero attached hydrogens (tertiary/aromatic N) is 2. The lowest BCUT2D eigenvalue weighted by Gasteiger charge is -2.21. The lowest BCUT2D eigenvalue weighted by Crippen LogP contribution is -2.25. The monoisotopic (exact) mass is 498 g/mol. The van der Waals surface area contributed by atoms with Crippen molar-refractivity contribution in [3.05, 3.63) is 90.0 Å². The van der Waals surface area contributed by atoms with Crippen LogP contribution in [0.1, 0.15) is 54.6 Å². The van der Waals surface area contributed by atoms with Gasteiger partial charge in [0.15, 0.2) is 0 Å². The van der Waals surface area contributed by atoms with Crippen LogP contribution in [-0.4, -0.2) is 33.7 Å². The molecule has 1 heterocycles. The van der Waals surface area contributed by atoms with Crippen LogP contribution in [0.25, 0.3) is 22.8 Å². The molecule has 3 aromatic carbocycles. The van der Waals surface area contributed by atoms with Gasteiger partial charge >= 0.3 is 5.97 Å². The second-order valence-corrected chi connectivity index (χ2v) is 8.73. The first-order valence-corrected chi connectivity index (χ1v) is 12.4. The van der Waals surface area contributed by atoms with Crippen molar-refractivity contribution in [1.29, 1.82) is 0 Å². The fourth-order valence-corrected chi connectivity index (χ4v) is 3.94. The van der Waals surface area contributed by atoms with Gasteiger partial charge in [-0.25, -0.2) is 0 Å². The molecule has 0 saturated heterocycles. The highest BCUT2D eigenvalue weighted by atomic mass is 16.5. The Morgan fingerprint density at radius 2 is 1.68 bits per heavy atom. The molecule has 37 heavy (non-hydrogen) atoms. The Balaban J connectivity index is 1.43. The predicted molar refractivity (Wildman–Crippen MR) is 142 cm³/mol. The second-order valence-electron chi connectivity index (χ2n) is 8.73. The topological polar surface area (TPSA) is 117 Å². The molecule has 0 radical (unpaired) electrons. The molecule has 3 N–H and O–H groups in total. The van der Waals surface area contributed by atoms with E-state index in [1.165, 1.54) is 0 Å². The summed E-state index contributed by atoms with van der Waals surface area (Å²) in [4.78, 5) is 27.4. The SMILES string of the molecule is CCCC[C@H](Nc1ccc(C(=O)NCCC(=O)O)cc1)c1ccc(-c2noc(-c3ccccc3)n2)cc1. The Hall–Kier alpha value is -4.46. The van der Waals surface area contributed by atoms with Crippen LogP contribution in [0.4, 0.5) is 5.69 Å². The minimum atomic E-state index is -0.944. The summed E-state index contributed by atoms with van der Waals surface area (Å²) in [5.41, 5.74) is 4.28. The molecule has 0 aliphatic carbocycles. The van der Waals surface area contributed by atoms with Crippen molar-refractivity contribution in [2.75, 3.05) is 11.9 Å². The van der Waals surface area contributed by atoms with Gasteiger partial charge in [0.25, 0.3) is 11.8 Å². The van der Waals surface area contributed by atoms with Crippen LogP contribution < -0.4 is 10.6 Å². The summed E-state index contributed by atoms with van der Waals surface area (Å²) < 4.78 is 5.45. The smallest absolute Gasteiger partial charge is 0.305 e. The lowest BCUT2D eigenvalue weighted by molar-refractivity contribution is -0.136. The number of carboxylic acids is 1. The van der Waals surface area contributed by atoms with Gasteiger partial charge in [-0.05, 0) is 48.4 Å². The molecule has 0 fully saturated rings. The maximum atomic E-state index is 12.2. The first kappa shape index (κ1) is 25.6. The number of carbonyl (C=O) groups is 2. The Kier molecular flexibility index (Phi) is 8.65. The normalized spacial score (nSPS) is 11.6. The van der Waals surface area contributed by atoms with Gasteiger partial charge in [0, 0.05) is 28.9 Å². The molecule has 8 nitrogen and oxygen atoms in total. The summed E-state index contributed by atoms with van der Waals surface area (Å²) in [6.45, 7) is 2.26. The summed E-state index contributed by atoms with van der Waals surface area (Å²) in [5, 5.41) is 19.1. The average Bonchev–Trinajstić information content (AvgIpc) is 3.42. The zero-order chi connectivity index (χ0) is 26.0. The number of unbranched alkanes of at least 4 members (excludes halogenated alkanes) is 1. The van der Waals surface area contributed by atoms with Crippen molar-refractivity contribution in [3.8, 4) is 22.8 Å². The molecule has 8 heteroatoms. The Labute approximate surface area is 215 Å². The molecule has 0 unspecified atom stereocenters. The number of anilines is 1. The van der Waals surface area contributed by atoms with Crippen LogP contribution in [0.15, 0.2) is 83.4 Å². The van der Waals surface area contributed by atoms with Crippen LogP contribution in [0.3, 0.4) is 0 Å². The number of amides is 1. The predicted octanol–water partition coefficient (Wildman–Crippen LogP) is 5.95. The van der Waals surface area contributed by atoms with Crippen molar-refractivity contribution in [2.24, 2.45) is 0 Å². The van der Waals surface area contributed by atoms with Gasteiger partial charge in [-0.3, -0.25) is 9.59 Å². The van der Waals surface area contributed by atoms with E-state index in [0.717, 1.165) is 41.6 Å². The molecule has 0 aliphatic rings. The first-order valence-electron chi connectivity index (χ1n) is 12.4. The van der Waals surface area contributed by atoms with E-state index in [-0.39, 0.29) is 24.9 Å². The van der Waals surface area contributed by atoms with E-state index in [1.807, 2.05) is 54.6 Å². The maximum absolute atomic E-state index is 12.2. The molecule has 0 aliphatic heterocycles. The third-order valence-corrected chi connectivity index (χ3v) is 5.98. The number of carboxylic acid groups (broad SMARTS) is 1. The molecule has 1 aromatic heterocycles. The minimum Gasteiger partial charge on any atom is -0.481 e. The molecule has 190 valence electrons. The largest absolute Gasteiger partial charge is 0.481 e. The van der Waals surface area contributed by atoms with Crippen molar-refractivity contribution in [2.45, 2.75) is 38.6 Å². The zero-order valence-electron chi connectivity index (χ0n) is 20.7. The average molecular weight is 499 g/mol. The highest BCUT2D eigenvalue weighted by molar-refractivity contribution is 5.94. The zero-order valence-corrected chi connectivity index (χ0v) is 20.7. The minimum absolute atomic E-state index is 0.0920. The fourth-order valence-electron chi connectivity index (χ4n) is 3.94. The molecule has 0 bridgehead atoms. The van der Waals surface area contributed by atoms with Gasteiger partial charge in [0.1, 0.15) is 0 Å². The number of hydrogen-bond donors (Lipinski definition) is 3. The standard InChI is InChI=1S/C29H30N4O4/c1-2-3-9-25(31-24-16-14-22(15-17-24)28(36)30-19-18-26(34)35)20-10-12-21(13-11-20)27-32-29(37-33-27)23-7-5-4-6-8-23/h4-8,10-17,25,31H,2-3,9,18-19H2,1H3,(H,30,36)(H,34,35)/t25-/m0/s1. The van der Waals surface area contributed by atoms with Gasteiger partial charge in [0.2, 0.25) is 5.82 Å². The van der Waals surface area contributed by atoms with Crippen molar-refractivity contribution < 1.29 is 19.2 Å². The Morgan fingerprint density at radius 1 is 0.946 bits per heavy atom. The van der Waals surface area contributed by atoms with Gasteiger partial charge < -0.3 is 20.3 Å². The van der Waals surface area contributed by atoms with E-state index in [2.05, 4.69) is 39.8 Å². The lowest BCUT2D eigenvalue weighted by atomic mass is 9.99. The molecule has 0 saturated carbocycles. The summed E-state index contributed by atoms with van der Waals surface area (Å²) in [7, 11) is 0. The Bertz CT molecular complexity index is 1300. The van der Waals surface area contributed by atoms with E-state index in [0.29, 0.717) is 17.3 Å². The van der Waals surface area contributed by atoms with Crippen molar-refractivity contribution in [3.63, 3.8) is 0 Å². The van der Waals surface area contributed by atoms with E-state index in [1.54, 1.807) is 12.1 Å². The van der Waals surface area contributed by atoms with E-state index in [4.69, 9.17) is 9.63 Å². The quantitative estimate of drug-likeness (QED) is 0.221. The summed E-state index contributed by atoms with van der Waals surface area (Å²) >= 11 is 0. The van der Waals surface area contributed by atoms with Gasteiger partial charge in [-0.1, -0.05) is 67.4 Å². The van der Waals surface area contributed by atoms with E-state index < -0.39 is 5.97 Å². The molecular formula is C29H30N4O4.